The van der Waals surface area contributed by atoms with Crippen LogP contribution in [0.5, 0.6) is 0 Å². The first-order valence-electron chi connectivity index (χ1n) is 8.32. The van der Waals surface area contributed by atoms with Crippen LogP contribution in [0, 0.1) is 0 Å². The number of hydrogen-bond acceptors (Lipinski definition) is 7. The highest BCUT2D eigenvalue weighted by Gasteiger charge is 2.45. The van der Waals surface area contributed by atoms with E-state index in [4.69, 9.17) is 18.3 Å². The van der Waals surface area contributed by atoms with E-state index in [1.54, 1.807) is 22.1 Å². The lowest BCUT2D eigenvalue weighted by molar-refractivity contribution is 0.0862. The Hall–Kier alpha value is -0.0931. The molecule has 1 aromatic heterocycles. The first kappa shape index (κ1) is 20.2. The lowest BCUT2D eigenvalue weighted by Crippen LogP contribution is -2.57. The zero-order chi connectivity index (χ0) is 17.4. The minimum atomic E-state index is -2.93. The van der Waals surface area contributed by atoms with Crippen LogP contribution in [0.15, 0.2) is 22.5 Å². The predicted octanol–water partition coefficient (Wildman–Crippen LogP) is 4.70. The molecule has 0 N–H and O–H groups in total. The summed E-state index contributed by atoms with van der Waals surface area (Å²) < 4.78 is 20.4. The number of aromatic nitrogens is 1. The molecule has 0 saturated carbocycles. The van der Waals surface area contributed by atoms with Gasteiger partial charge in [-0.3, -0.25) is 0 Å². The molecule has 0 aliphatic heterocycles. The fourth-order valence-electron chi connectivity index (χ4n) is 2.31. The average Bonchev–Trinajstić information content (AvgIpc) is 2.98. The van der Waals surface area contributed by atoms with Gasteiger partial charge in [0.15, 0.2) is 4.34 Å². The molecule has 1 aromatic carbocycles. The molecule has 0 unspecified atom stereocenters. The highest BCUT2D eigenvalue weighted by molar-refractivity contribution is 8.77. The van der Waals surface area contributed by atoms with Crippen molar-refractivity contribution in [1.82, 2.24) is 4.98 Å². The van der Waals surface area contributed by atoms with E-state index in [0.717, 1.165) is 25.5 Å². The monoisotopic (exact) mass is 403 g/mol. The number of hydrogen-bond donors (Lipinski definition) is 0. The maximum Gasteiger partial charge on any atom is 0.539 e. The van der Waals surface area contributed by atoms with Crippen molar-refractivity contribution in [2.75, 3.05) is 25.6 Å². The van der Waals surface area contributed by atoms with Crippen LogP contribution < -0.4 is 5.19 Å². The molecule has 0 fully saturated rings. The number of nitrogens with zero attached hydrogens (tertiary/aromatic N) is 1. The highest BCUT2D eigenvalue weighted by Crippen LogP contribution is 2.37. The molecule has 0 spiro atoms. The lowest BCUT2D eigenvalue weighted by Gasteiger charge is -2.28. The van der Waals surface area contributed by atoms with Gasteiger partial charge < -0.3 is 13.3 Å². The molecule has 24 heavy (non-hydrogen) atoms. The van der Waals surface area contributed by atoms with Gasteiger partial charge in [-0.05, 0) is 44.1 Å². The summed E-state index contributed by atoms with van der Waals surface area (Å²) in [6.45, 7) is 9.79. The first-order chi connectivity index (χ1) is 11.7. The number of rotatable bonds is 11. The number of thiazole rings is 1. The van der Waals surface area contributed by atoms with Gasteiger partial charge in [-0.1, -0.05) is 29.9 Å². The standard InChI is InChI=1S/C16H25NO3S3Si/c1-5-12-21-23-16-17-15-13(22-16)10-9-11-14(15)24(18-6-2,19-7-3)20-8-4/h9-11H,5-8,12H2,1-4H3. The van der Waals surface area contributed by atoms with Crippen molar-refractivity contribution in [2.45, 2.75) is 38.5 Å². The third-order valence-corrected chi connectivity index (χ3v) is 10.1. The van der Waals surface area contributed by atoms with Crippen LogP contribution in [0.4, 0.5) is 0 Å². The minimum Gasteiger partial charge on any atom is -0.370 e. The quantitative estimate of drug-likeness (QED) is 0.308. The molecule has 8 heteroatoms. The van der Waals surface area contributed by atoms with Crippen LogP contribution in [0.1, 0.15) is 34.1 Å². The first-order valence-corrected chi connectivity index (χ1v) is 13.2. The van der Waals surface area contributed by atoms with Gasteiger partial charge in [0, 0.05) is 30.8 Å². The van der Waals surface area contributed by atoms with Gasteiger partial charge in [0.2, 0.25) is 0 Å². The predicted molar refractivity (Wildman–Crippen MR) is 108 cm³/mol. The summed E-state index contributed by atoms with van der Waals surface area (Å²) in [5.74, 6) is 1.13. The summed E-state index contributed by atoms with van der Waals surface area (Å²) in [6, 6.07) is 6.19. The number of para-hydroxylation sites is 1. The van der Waals surface area contributed by atoms with Crippen LogP contribution in [-0.4, -0.2) is 39.4 Å². The number of fused-ring (bicyclic) bond motifs is 1. The Balaban J connectivity index is 2.43. The van der Waals surface area contributed by atoms with Crippen LogP contribution in [0.2, 0.25) is 0 Å². The molecular weight excluding hydrogens is 378 g/mol. The van der Waals surface area contributed by atoms with E-state index in [9.17, 15) is 0 Å². The Labute approximate surface area is 157 Å². The Morgan fingerprint density at radius 1 is 1.04 bits per heavy atom. The van der Waals surface area contributed by atoms with E-state index in [2.05, 4.69) is 13.0 Å². The van der Waals surface area contributed by atoms with Gasteiger partial charge in [-0.15, -0.1) is 11.3 Å². The van der Waals surface area contributed by atoms with E-state index < -0.39 is 8.80 Å². The molecule has 0 aliphatic carbocycles. The van der Waals surface area contributed by atoms with Crippen molar-refractivity contribution in [3.05, 3.63) is 18.2 Å². The van der Waals surface area contributed by atoms with Crippen LogP contribution in [-0.2, 0) is 13.3 Å². The van der Waals surface area contributed by atoms with E-state index in [-0.39, 0.29) is 0 Å². The van der Waals surface area contributed by atoms with E-state index in [0.29, 0.717) is 19.8 Å². The summed E-state index contributed by atoms with van der Waals surface area (Å²) in [7, 11) is 0.662. The van der Waals surface area contributed by atoms with Crippen molar-refractivity contribution in [2.24, 2.45) is 0 Å². The molecule has 2 aromatic rings. The maximum atomic E-state index is 6.06. The molecular formula is C16H25NO3S3Si. The van der Waals surface area contributed by atoms with E-state index in [1.807, 2.05) is 43.7 Å². The van der Waals surface area contributed by atoms with Gasteiger partial charge in [0.1, 0.15) is 0 Å². The molecule has 4 nitrogen and oxygen atoms in total. The van der Waals surface area contributed by atoms with Crippen molar-refractivity contribution in [3.8, 4) is 0 Å². The Kier molecular flexibility index (Phi) is 8.55. The SMILES string of the molecule is CCCSSc1nc2c([Si](OCC)(OCC)OCC)cccc2s1. The van der Waals surface area contributed by atoms with Crippen LogP contribution >= 0.6 is 32.9 Å². The van der Waals surface area contributed by atoms with Gasteiger partial charge in [-0.25, -0.2) is 4.98 Å². The fourth-order valence-corrected chi connectivity index (χ4v) is 8.55. The lowest BCUT2D eigenvalue weighted by atomic mass is 10.3. The number of benzene rings is 1. The summed E-state index contributed by atoms with van der Waals surface area (Å²) >= 11 is 1.72. The average molecular weight is 404 g/mol. The van der Waals surface area contributed by atoms with Crippen molar-refractivity contribution < 1.29 is 13.3 Å². The van der Waals surface area contributed by atoms with Crippen LogP contribution in [0.3, 0.4) is 0 Å². The van der Waals surface area contributed by atoms with E-state index in [1.165, 1.54) is 6.42 Å². The Morgan fingerprint density at radius 3 is 2.29 bits per heavy atom. The molecule has 0 saturated heterocycles. The topological polar surface area (TPSA) is 40.6 Å². The summed E-state index contributed by atoms with van der Waals surface area (Å²) in [5.41, 5.74) is 0.962. The molecule has 1 heterocycles. The largest absolute Gasteiger partial charge is 0.539 e. The minimum absolute atomic E-state index is 0.556. The highest BCUT2D eigenvalue weighted by atomic mass is 33.1. The van der Waals surface area contributed by atoms with Crippen LogP contribution in [0.25, 0.3) is 10.2 Å². The Bertz CT molecular complexity index is 621. The summed E-state index contributed by atoms with van der Waals surface area (Å²) in [6.07, 6.45) is 1.17. The second-order valence-corrected chi connectivity index (χ2v) is 11.1. The van der Waals surface area contributed by atoms with Crippen molar-refractivity contribution >= 4 is 57.1 Å². The normalized spacial score (nSPS) is 12.2. The second-order valence-electron chi connectivity index (χ2n) is 4.89. The van der Waals surface area contributed by atoms with E-state index >= 15 is 0 Å². The van der Waals surface area contributed by atoms with Gasteiger partial charge >= 0.3 is 8.80 Å². The summed E-state index contributed by atoms with van der Waals surface area (Å²) in [5, 5.41) is 0.981. The fraction of sp³-hybridized carbons (Fsp3) is 0.562. The molecule has 0 bridgehead atoms. The zero-order valence-electron chi connectivity index (χ0n) is 14.7. The van der Waals surface area contributed by atoms with Gasteiger partial charge in [-0.2, -0.15) is 0 Å². The Morgan fingerprint density at radius 2 is 1.71 bits per heavy atom. The van der Waals surface area contributed by atoms with Crippen molar-refractivity contribution in [1.29, 1.82) is 0 Å². The third-order valence-electron chi connectivity index (χ3n) is 3.15. The second kappa shape index (κ2) is 10.2. The smallest absolute Gasteiger partial charge is 0.370 e. The van der Waals surface area contributed by atoms with Gasteiger partial charge in [0.05, 0.1) is 10.2 Å². The molecule has 0 radical (unpaired) electrons. The third kappa shape index (κ3) is 4.75. The van der Waals surface area contributed by atoms with Crippen molar-refractivity contribution in [3.63, 3.8) is 0 Å². The molecule has 0 atom stereocenters. The maximum absolute atomic E-state index is 6.06. The zero-order valence-corrected chi connectivity index (χ0v) is 18.1. The molecule has 0 aliphatic rings. The van der Waals surface area contributed by atoms with Gasteiger partial charge in [0.25, 0.3) is 0 Å². The molecule has 0 amide bonds. The molecule has 2 rings (SSSR count). The summed E-state index contributed by atoms with van der Waals surface area (Å²) in [4.78, 5) is 4.85. The molecule has 134 valence electrons.